The van der Waals surface area contributed by atoms with E-state index in [2.05, 4.69) is 24.0 Å². The molecular weight excluding hydrogens is 260 g/mol. The van der Waals surface area contributed by atoms with Gasteiger partial charge in [-0.1, -0.05) is 42.2 Å². The Bertz CT molecular complexity index is 631. The summed E-state index contributed by atoms with van der Waals surface area (Å²) in [7, 11) is 0. The Hall–Kier alpha value is -2.53. The van der Waals surface area contributed by atoms with E-state index in [9.17, 15) is 4.79 Å². The SMILES string of the molecule is CCOC(=O)c1ccc(C#CCCc2ccccc2)cc1. The second-order valence-corrected chi connectivity index (χ2v) is 4.59. The molecule has 21 heavy (non-hydrogen) atoms. The normalized spacial score (nSPS) is 9.57. The van der Waals surface area contributed by atoms with Crippen molar-refractivity contribution in [3.8, 4) is 11.8 Å². The number of esters is 1. The van der Waals surface area contributed by atoms with Crippen LogP contribution in [-0.2, 0) is 11.2 Å². The number of aryl methyl sites for hydroxylation is 1. The Morgan fingerprint density at radius 3 is 2.43 bits per heavy atom. The van der Waals surface area contributed by atoms with Gasteiger partial charge >= 0.3 is 5.97 Å². The van der Waals surface area contributed by atoms with Crippen molar-refractivity contribution in [3.05, 3.63) is 71.3 Å². The molecule has 0 aliphatic heterocycles. The minimum absolute atomic E-state index is 0.291. The van der Waals surface area contributed by atoms with Gasteiger partial charge in [0.1, 0.15) is 0 Å². The third-order valence-electron chi connectivity index (χ3n) is 3.01. The molecule has 2 aromatic rings. The lowest BCUT2D eigenvalue weighted by Gasteiger charge is -2.00. The van der Waals surface area contributed by atoms with Crippen LogP contribution >= 0.6 is 0 Å². The van der Waals surface area contributed by atoms with Crippen LogP contribution in [0.25, 0.3) is 0 Å². The van der Waals surface area contributed by atoms with E-state index in [4.69, 9.17) is 4.74 Å². The maximum Gasteiger partial charge on any atom is 0.338 e. The quantitative estimate of drug-likeness (QED) is 0.627. The lowest BCUT2D eigenvalue weighted by atomic mass is 10.1. The number of benzene rings is 2. The Morgan fingerprint density at radius 2 is 1.76 bits per heavy atom. The Balaban J connectivity index is 1.89. The monoisotopic (exact) mass is 278 g/mol. The number of rotatable bonds is 4. The van der Waals surface area contributed by atoms with Crippen LogP contribution < -0.4 is 0 Å². The van der Waals surface area contributed by atoms with E-state index >= 15 is 0 Å². The van der Waals surface area contributed by atoms with Gasteiger partial charge in [0.2, 0.25) is 0 Å². The van der Waals surface area contributed by atoms with Crippen LogP contribution in [0.2, 0.25) is 0 Å². The largest absolute Gasteiger partial charge is 0.462 e. The predicted octanol–water partition coefficient (Wildman–Crippen LogP) is 3.85. The predicted molar refractivity (Wildman–Crippen MR) is 84.0 cm³/mol. The second kappa shape index (κ2) is 7.91. The molecule has 0 saturated carbocycles. The van der Waals surface area contributed by atoms with Gasteiger partial charge in [-0.15, -0.1) is 0 Å². The summed E-state index contributed by atoms with van der Waals surface area (Å²) in [6, 6.07) is 17.5. The molecule has 2 nitrogen and oxygen atoms in total. The van der Waals surface area contributed by atoms with E-state index in [-0.39, 0.29) is 5.97 Å². The van der Waals surface area contributed by atoms with Gasteiger partial charge in [-0.3, -0.25) is 0 Å². The van der Waals surface area contributed by atoms with E-state index in [1.54, 1.807) is 19.1 Å². The first-order valence-corrected chi connectivity index (χ1v) is 7.09. The Labute approximate surface area is 125 Å². The Morgan fingerprint density at radius 1 is 1.05 bits per heavy atom. The van der Waals surface area contributed by atoms with Crippen LogP contribution in [0.5, 0.6) is 0 Å². The molecule has 0 aliphatic carbocycles. The van der Waals surface area contributed by atoms with Gasteiger partial charge in [0.25, 0.3) is 0 Å². The number of carbonyl (C=O) groups excluding carboxylic acids is 1. The smallest absolute Gasteiger partial charge is 0.338 e. The summed E-state index contributed by atoms with van der Waals surface area (Å²) >= 11 is 0. The van der Waals surface area contributed by atoms with Gasteiger partial charge in [-0.05, 0) is 43.2 Å². The molecule has 0 atom stereocenters. The summed E-state index contributed by atoms with van der Waals surface area (Å²) in [4.78, 5) is 11.5. The molecule has 106 valence electrons. The molecule has 0 fully saturated rings. The van der Waals surface area contributed by atoms with E-state index < -0.39 is 0 Å². The van der Waals surface area contributed by atoms with Crippen molar-refractivity contribution in [1.82, 2.24) is 0 Å². The highest BCUT2D eigenvalue weighted by atomic mass is 16.5. The highest BCUT2D eigenvalue weighted by Crippen LogP contribution is 2.06. The fourth-order valence-corrected chi connectivity index (χ4v) is 1.92. The summed E-state index contributed by atoms with van der Waals surface area (Å²) in [5.41, 5.74) is 2.77. The zero-order valence-electron chi connectivity index (χ0n) is 12.1. The number of carbonyl (C=O) groups is 1. The van der Waals surface area contributed by atoms with Gasteiger partial charge in [0.15, 0.2) is 0 Å². The summed E-state index contributed by atoms with van der Waals surface area (Å²) in [6.45, 7) is 2.18. The highest BCUT2D eigenvalue weighted by molar-refractivity contribution is 5.89. The first-order chi connectivity index (χ1) is 10.3. The van der Waals surface area contributed by atoms with E-state index in [1.165, 1.54) is 5.56 Å². The first-order valence-electron chi connectivity index (χ1n) is 7.09. The summed E-state index contributed by atoms with van der Waals surface area (Å²) in [5.74, 6) is 5.98. The molecule has 2 rings (SSSR count). The van der Waals surface area contributed by atoms with Crippen LogP contribution in [0, 0.1) is 11.8 Å². The zero-order chi connectivity index (χ0) is 14.9. The van der Waals surface area contributed by atoms with Crippen molar-refractivity contribution in [2.24, 2.45) is 0 Å². The second-order valence-electron chi connectivity index (χ2n) is 4.59. The zero-order valence-corrected chi connectivity index (χ0v) is 12.1. The summed E-state index contributed by atoms with van der Waals surface area (Å²) in [6.07, 6.45) is 1.78. The standard InChI is InChI=1S/C19H18O2/c1-2-21-19(20)18-14-12-17(13-15-18)11-7-6-10-16-8-4-3-5-9-16/h3-5,8-9,12-15H,2,6,10H2,1H3. The molecular formula is C19H18O2. The lowest BCUT2D eigenvalue weighted by molar-refractivity contribution is 0.0526. The van der Waals surface area contributed by atoms with Gasteiger partial charge in [0, 0.05) is 12.0 Å². The van der Waals surface area contributed by atoms with E-state index in [0.717, 1.165) is 18.4 Å². The third-order valence-corrected chi connectivity index (χ3v) is 3.01. The molecule has 0 radical (unpaired) electrons. The summed E-state index contributed by atoms with van der Waals surface area (Å²) in [5, 5.41) is 0. The van der Waals surface area contributed by atoms with Crippen LogP contribution in [0.1, 0.15) is 34.8 Å². The van der Waals surface area contributed by atoms with Crippen LogP contribution in [0.4, 0.5) is 0 Å². The fraction of sp³-hybridized carbons (Fsp3) is 0.211. The van der Waals surface area contributed by atoms with Crippen LogP contribution in [0.15, 0.2) is 54.6 Å². The van der Waals surface area contributed by atoms with Gasteiger partial charge in [-0.25, -0.2) is 4.79 Å². The van der Waals surface area contributed by atoms with Crippen LogP contribution in [-0.4, -0.2) is 12.6 Å². The van der Waals surface area contributed by atoms with E-state index in [1.807, 2.05) is 30.3 Å². The molecule has 0 aliphatic rings. The van der Waals surface area contributed by atoms with Gasteiger partial charge < -0.3 is 4.74 Å². The molecule has 0 aromatic heterocycles. The maximum absolute atomic E-state index is 11.5. The molecule has 0 N–H and O–H groups in total. The van der Waals surface area contributed by atoms with E-state index in [0.29, 0.717) is 12.2 Å². The number of hydrogen-bond acceptors (Lipinski definition) is 2. The van der Waals surface area contributed by atoms with Crippen LogP contribution in [0.3, 0.4) is 0 Å². The number of hydrogen-bond donors (Lipinski definition) is 0. The summed E-state index contributed by atoms with van der Waals surface area (Å²) < 4.78 is 4.94. The van der Waals surface area contributed by atoms with Crippen molar-refractivity contribution < 1.29 is 9.53 Å². The molecule has 0 heterocycles. The maximum atomic E-state index is 11.5. The Kier molecular flexibility index (Phi) is 5.60. The number of ether oxygens (including phenoxy) is 1. The minimum Gasteiger partial charge on any atom is -0.462 e. The molecule has 2 heteroatoms. The highest BCUT2D eigenvalue weighted by Gasteiger charge is 2.04. The average Bonchev–Trinajstić information content (AvgIpc) is 2.53. The molecule has 2 aromatic carbocycles. The van der Waals surface area contributed by atoms with Gasteiger partial charge in [0.05, 0.1) is 12.2 Å². The molecule has 0 unspecified atom stereocenters. The van der Waals surface area contributed by atoms with Crippen molar-refractivity contribution >= 4 is 5.97 Å². The van der Waals surface area contributed by atoms with Crippen molar-refractivity contribution in [2.75, 3.05) is 6.61 Å². The molecule has 0 spiro atoms. The first kappa shape index (κ1) is 14.9. The molecule has 0 amide bonds. The third kappa shape index (κ3) is 4.81. The van der Waals surface area contributed by atoms with Crippen molar-refractivity contribution in [2.45, 2.75) is 19.8 Å². The molecule has 0 saturated heterocycles. The van der Waals surface area contributed by atoms with Gasteiger partial charge in [-0.2, -0.15) is 0 Å². The topological polar surface area (TPSA) is 26.3 Å². The fourth-order valence-electron chi connectivity index (χ4n) is 1.92. The lowest BCUT2D eigenvalue weighted by Crippen LogP contribution is -2.04. The van der Waals surface area contributed by atoms with Crippen molar-refractivity contribution in [3.63, 3.8) is 0 Å². The minimum atomic E-state index is -0.291. The molecule has 0 bridgehead atoms. The van der Waals surface area contributed by atoms with Crippen molar-refractivity contribution in [1.29, 1.82) is 0 Å². The average molecular weight is 278 g/mol.